The van der Waals surface area contributed by atoms with Crippen LogP contribution in [0.25, 0.3) is 5.69 Å². The van der Waals surface area contributed by atoms with E-state index >= 15 is 0 Å². The number of nitrogens with zero attached hydrogens (tertiary/aromatic N) is 3. The number of halogens is 2. The Morgan fingerprint density at radius 1 is 1.35 bits per heavy atom. The first-order chi connectivity index (χ1) is 9.58. The molecule has 0 saturated heterocycles. The number of hydrogen-bond acceptors (Lipinski definition) is 3. The topological polar surface area (TPSA) is 68.0 Å². The normalized spacial score (nSPS) is 10.8. The van der Waals surface area contributed by atoms with E-state index in [1.54, 1.807) is 12.1 Å². The van der Waals surface area contributed by atoms with Crippen LogP contribution in [0.4, 0.5) is 0 Å². The molecule has 5 nitrogen and oxygen atoms in total. The summed E-state index contributed by atoms with van der Waals surface area (Å²) in [5, 5.41) is 18.2. The van der Waals surface area contributed by atoms with Gasteiger partial charge in [0, 0.05) is 10.9 Å². The van der Waals surface area contributed by atoms with Crippen molar-refractivity contribution in [2.45, 2.75) is 25.1 Å². The first kappa shape index (κ1) is 15.2. The molecule has 0 bridgehead atoms. The third-order valence-electron chi connectivity index (χ3n) is 2.82. The number of hydrogen-bond donors (Lipinski definition) is 1. The van der Waals surface area contributed by atoms with Crippen LogP contribution < -0.4 is 0 Å². The second-order valence-corrected chi connectivity index (χ2v) is 5.69. The third kappa shape index (κ3) is 2.93. The van der Waals surface area contributed by atoms with Gasteiger partial charge in [-0.3, -0.25) is 4.57 Å². The van der Waals surface area contributed by atoms with Crippen molar-refractivity contribution >= 4 is 37.8 Å². The molecule has 0 spiro atoms. The predicted octanol–water partition coefficient (Wildman–Crippen LogP) is 3.58. The molecule has 0 amide bonds. The maximum absolute atomic E-state index is 11.5. The van der Waals surface area contributed by atoms with Crippen LogP contribution in [0.3, 0.4) is 0 Å². The van der Waals surface area contributed by atoms with Crippen LogP contribution in [0.5, 0.6) is 0 Å². The molecule has 0 atom stereocenters. The molecular formula is C13H13Br2N3O2. The summed E-state index contributed by atoms with van der Waals surface area (Å²) < 4.78 is 2.54. The highest BCUT2D eigenvalue weighted by atomic mass is 79.9. The van der Waals surface area contributed by atoms with Crippen LogP contribution in [0.2, 0.25) is 0 Å². The quantitative estimate of drug-likeness (QED) is 0.776. The van der Waals surface area contributed by atoms with Crippen LogP contribution in [0.1, 0.15) is 35.4 Å². The minimum Gasteiger partial charge on any atom is -0.478 e. The Kier molecular flexibility index (Phi) is 4.93. The summed E-state index contributed by atoms with van der Waals surface area (Å²) in [7, 11) is 0. The number of benzene rings is 1. The molecule has 0 aliphatic rings. The monoisotopic (exact) mass is 401 g/mol. The zero-order valence-corrected chi connectivity index (χ0v) is 14.0. The number of carboxylic acids is 1. The largest absolute Gasteiger partial charge is 0.478 e. The van der Waals surface area contributed by atoms with Crippen molar-refractivity contribution < 1.29 is 9.90 Å². The fourth-order valence-corrected chi connectivity index (χ4v) is 2.70. The van der Waals surface area contributed by atoms with E-state index in [0.29, 0.717) is 16.8 Å². The first-order valence-corrected chi connectivity index (χ1v) is 8.02. The molecule has 7 heteroatoms. The highest BCUT2D eigenvalue weighted by Gasteiger charge is 2.18. The van der Waals surface area contributed by atoms with Gasteiger partial charge in [0.25, 0.3) is 0 Å². The van der Waals surface area contributed by atoms with Gasteiger partial charge in [-0.05, 0) is 24.6 Å². The molecule has 0 fully saturated rings. The number of carbonyl (C=O) groups is 1. The van der Waals surface area contributed by atoms with E-state index in [-0.39, 0.29) is 5.56 Å². The second kappa shape index (κ2) is 6.49. The smallest absolute Gasteiger partial charge is 0.337 e. The highest BCUT2D eigenvalue weighted by Crippen LogP contribution is 2.24. The van der Waals surface area contributed by atoms with Crippen LogP contribution in [0.15, 0.2) is 22.7 Å². The molecule has 0 aliphatic carbocycles. The van der Waals surface area contributed by atoms with Gasteiger partial charge in [-0.2, -0.15) is 0 Å². The van der Waals surface area contributed by atoms with E-state index in [1.807, 2.05) is 17.6 Å². The Morgan fingerprint density at radius 3 is 2.65 bits per heavy atom. The summed E-state index contributed by atoms with van der Waals surface area (Å²) >= 11 is 6.67. The Bertz CT molecular complexity index is 641. The Morgan fingerprint density at radius 2 is 2.05 bits per heavy atom. The zero-order chi connectivity index (χ0) is 14.7. The number of aromatic nitrogens is 3. The zero-order valence-electron chi connectivity index (χ0n) is 10.8. The molecule has 1 heterocycles. The molecular weight excluding hydrogens is 390 g/mol. The van der Waals surface area contributed by atoms with E-state index in [1.165, 1.54) is 0 Å². The van der Waals surface area contributed by atoms with Crippen LogP contribution >= 0.6 is 31.9 Å². The summed E-state index contributed by atoms with van der Waals surface area (Å²) in [6.07, 6.45) is 1.66. The van der Waals surface area contributed by atoms with Crippen molar-refractivity contribution in [2.75, 3.05) is 0 Å². The van der Waals surface area contributed by atoms with Gasteiger partial charge in [-0.1, -0.05) is 38.8 Å². The van der Waals surface area contributed by atoms with E-state index in [0.717, 1.165) is 23.1 Å². The molecule has 106 valence electrons. The molecule has 0 saturated carbocycles. The molecule has 1 aromatic carbocycles. The molecule has 2 rings (SSSR count). The van der Waals surface area contributed by atoms with Crippen LogP contribution in [0, 0.1) is 0 Å². The van der Waals surface area contributed by atoms with Gasteiger partial charge in [-0.15, -0.1) is 10.2 Å². The molecule has 0 aliphatic heterocycles. The fraction of sp³-hybridized carbons (Fsp3) is 0.308. The SMILES string of the molecule is CCCc1nnc(CBr)n1-c1ccc(Br)cc1C(=O)O. The lowest BCUT2D eigenvalue weighted by molar-refractivity contribution is 0.0697. The molecule has 1 aromatic heterocycles. The maximum Gasteiger partial charge on any atom is 0.337 e. The van der Waals surface area contributed by atoms with E-state index < -0.39 is 5.97 Å². The molecule has 0 unspecified atom stereocenters. The van der Waals surface area contributed by atoms with Gasteiger partial charge < -0.3 is 5.11 Å². The van der Waals surface area contributed by atoms with Crippen molar-refractivity contribution in [3.8, 4) is 5.69 Å². The van der Waals surface area contributed by atoms with E-state index in [9.17, 15) is 9.90 Å². The number of alkyl halides is 1. The summed E-state index contributed by atoms with van der Waals surface area (Å²) in [5.41, 5.74) is 0.808. The Labute approximate surface area is 133 Å². The first-order valence-electron chi connectivity index (χ1n) is 6.10. The van der Waals surface area contributed by atoms with Gasteiger partial charge in [0.15, 0.2) is 0 Å². The minimum absolute atomic E-state index is 0.221. The van der Waals surface area contributed by atoms with Gasteiger partial charge in [0.05, 0.1) is 16.6 Å². The Hall–Kier alpha value is -1.21. The van der Waals surface area contributed by atoms with Crippen molar-refractivity contribution in [3.63, 3.8) is 0 Å². The van der Waals surface area contributed by atoms with Gasteiger partial charge in [0.2, 0.25) is 0 Å². The number of aryl methyl sites for hydroxylation is 1. The lowest BCUT2D eigenvalue weighted by atomic mass is 10.1. The summed E-state index contributed by atoms with van der Waals surface area (Å²) in [6, 6.07) is 5.17. The summed E-state index contributed by atoms with van der Waals surface area (Å²) in [6.45, 7) is 2.05. The maximum atomic E-state index is 11.5. The van der Waals surface area contributed by atoms with Crippen LogP contribution in [-0.2, 0) is 11.8 Å². The van der Waals surface area contributed by atoms with Gasteiger partial charge >= 0.3 is 5.97 Å². The van der Waals surface area contributed by atoms with Crippen molar-refractivity contribution in [1.29, 1.82) is 0 Å². The number of carboxylic acid groups (broad SMARTS) is 1. The van der Waals surface area contributed by atoms with Crippen molar-refractivity contribution in [2.24, 2.45) is 0 Å². The van der Waals surface area contributed by atoms with Crippen molar-refractivity contribution in [3.05, 3.63) is 39.9 Å². The highest BCUT2D eigenvalue weighted by molar-refractivity contribution is 9.10. The standard InChI is InChI=1S/C13H13Br2N3O2/c1-2-3-11-16-17-12(7-14)18(11)10-5-4-8(15)6-9(10)13(19)20/h4-6H,2-3,7H2,1H3,(H,19,20). The third-order valence-corrected chi connectivity index (χ3v) is 3.81. The van der Waals surface area contributed by atoms with E-state index in [2.05, 4.69) is 42.1 Å². The summed E-state index contributed by atoms with van der Waals surface area (Å²) in [5.74, 6) is 0.489. The lowest BCUT2D eigenvalue weighted by Gasteiger charge is -2.12. The van der Waals surface area contributed by atoms with Gasteiger partial charge in [-0.25, -0.2) is 4.79 Å². The average molecular weight is 403 g/mol. The number of aromatic carboxylic acids is 1. The number of rotatable bonds is 5. The molecule has 0 radical (unpaired) electrons. The Balaban J connectivity index is 2.67. The lowest BCUT2D eigenvalue weighted by Crippen LogP contribution is -2.10. The minimum atomic E-state index is -0.974. The molecule has 2 aromatic rings. The fourth-order valence-electron chi connectivity index (χ4n) is 1.98. The average Bonchev–Trinajstić information content (AvgIpc) is 2.82. The summed E-state index contributed by atoms with van der Waals surface area (Å²) in [4.78, 5) is 11.5. The van der Waals surface area contributed by atoms with E-state index in [4.69, 9.17) is 0 Å². The molecule has 20 heavy (non-hydrogen) atoms. The van der Waals surface area contributed by atoms with Gasteiger partial charge in [0.1, 0.15) is 11.6 Å². The molecule has 1 N–H and O–H groups in total. The van der Waals surface area contributed by atoms with Crippen LogP contribution in [-0.4, -0.2) is 25.8 Å². The predicted molar refractivity (Wildman–Crippen MR) is 82.6 cm³/mol. The second-order valence-electron chi connectivity index (χ2n) is 4.22. The van der Waals surface area contributed by atoms with Crippen molar-refractivity contribution in [1.82, 2.24) is 14.8 Å².